The van der Waals surface area contributed by atoms with Crippen LogP contribution in [0.25, 0.3) is 0 Å². The lowest BCUT2D eigenvalue weighted by Crippen LogP contribution is -2.68. The molecule has 0 radical (unpaired) electrons. The largest absolute Gasteiger partial charge is 0.350 e. The van der Waals surface area contributed by atoms with Gasteiger partial charge in [-0.05, 0) is 38.0 Å². The van der Waals surface area contributed by atoms with Gasteiger partial charge in [0, 0.05) is 62.7 Å². The van der Waals surface area contributed by atoms with Crippen LogP contribution in [0.3, 0.4) is 0 Å². The third-order valence-electron chi connectivity index (χ3n) is 7.50. The molecule has 8 heteroatoms. The first-order chi connectivity index (χ1) is 15.0. The predicted molar refractivity (Wildman–Crippen MR) is 113 cm³/mol. The number of amides is 3. The minimum atomic E-state index is -0.497. The molecule has 0 aromatic carbocycles. The molecule has 5 rings (SSSR count). The number of nitrogens with zero attached hydrogens (tertiary/aromatic N) is 4. The van der Waals surface area contributed by atoms with E-state index in [9.17, 15) is 14.4 Å². The van der Waals surface area contributed by atoms with Crippen LogP contribution in [0.2, 0.25) is 0 Å². The van der Waals surface area contributed by atoms with Crippen LogP contribution >= 0.6 is 0 Å². The van der Waals surface area contributed by atoms with E-state index in [1.54, 1.807) is 10.9 Å². The molecule has 0 unspecified atom stereocenters. The van der Waals surface area contributed by atoms with Crippen molar-refractivity contribution < 1.29 is 14.4 Å². The number of carbonyl (C=O) groups excluding carboxylic acids is 3. The maximum Gasteiger partial charge on any atom is 0.243 e. The normalized spacial score (nSPS) is 30.4. The summed E-state index contributed by atoms with van der Waals surface area (Å²) < 4.78 is 1.71. The van der Waals surface area contributed by atoms with Crippen LogP contribution in [0, 0.1) is 17.8 Å². The van der Waals surface area contributed by atoms with E-state index < -0.39 is 6.04 Å². The average molecular weight is 426 g/mol. The Morgan fingerprint density at radius 2 is 1.97 bits per heavy atom. The first-order valence-corrected chi connectivity index (χ1v) is 11.5. The maximum atomic E-state index is 13.4. The van der Waals surface area contributed by atoms with Crippen molar-refractivity contribution in [1.82, 2.24) is 24.9 Å². The monoisotopic (exact) mass is 425 g/mol. The minimum absolute atomic E-state index is 0.00994. The third-order valence-corrected chi connectivity index (χ3v) is 7.50. The summed E-state index contributed by atoms with van der Waals surface area (Å²) in [5.41, 5.74) is 0.931. The summed E-state index contributed by atoms with van der Waals surface area (Å²) in [7, 11) is 1.84. The van der Waals surface area contributed by atoms with Crippen molar-refractivity contribution in [2.24, 2.45) is 24.8 Å². The number of piperidine rings is 3. The number of likely N-dealkylation sites (tertiary alicyclic amines) is 1. The second-order valence-corrected chi connectivity index (χ2v) is 9.58. The van der Waals surface area contributed by atoms with E-state index in [1.165, 1.54) is 0 Å². The summed E-state index contributed by atoms with van der Waals surface area (Å²) in [5, 5.41) is 7.19. The predicted octanol–water partition coefficient (Wildman–Crippen LogP) is 1.23. The second kappa shape index (κ2) is 8.13. The van der Waals surface area contributed by atoms with Crippen molar-refractivity contribution >= 4 is 17.7 Å². The van der Waals surface area contributed by atoms with E-state index in [2.05, 4.69) is 22.6 Å². The molecule has 2 bridgehead atoms. The molecule has 0 saturated carbocycles. The second-order valence-electron chi connectivity index (χ2n) is 9.58. The minimum Gasteiger partial charge on any atom is -0.350 e. The summed E-state index contributed by atoms with van der Waals surface area (Å²) in [6, 6.07) is -0.438. The van der Waals surface area contributed by atoms with Gasteiger partial charge in [-0.15, -0.1) is 0 Å². The van der Waals surface area contributed by atoms with E-state index in [1.807, 2.05) is 23.0 Å². The van der Waals surface area contributed by atoms with E-state index in [4.69, 9.17) is 0 Å². The van der Waals surface area contributed by atoms with E-state index in [-0.39, 0.29) is 41.5 Å². The Bertz CT molecular complexity index is 901. The number of hydrogen-bond donors (Lipinski definition) is 1. The summed E-state index contributed by atoms with van der Waals surface area (Å²) in [6.07, 6.45) is 12.6. The lowest BCUT2D eigenvalue weighted by molar-refractivity contribution is -0.164. The first kappa shape index (κ1) is 20.3. The van der Waals surface area contributed by atoms with Crippen molar-refractivity contribution in [1.29, 1.82) is 0 Å². The van der Waals surface area contributed by atoms with E-state index in [0.717, 1.165) is 37.7 Å². The van der Waals surface area contributed by atoms with Crippen LogP contribution in [-0.4, -0.2) is 62.5 Å². The SMILES string of the molecule is Cn1cc(CNC(=O)[C@H]2[C@H]3C[C@H](CN(C(=O)C4CC=CC4)C3)[C@@H]3CCCC(=O)N32)cn1. The Morgan fingerprint density at radius 1 is 1.19 bits per heavy atom. The number of aromatic nitrogens is 2. The molecule has 3 saturated heterocycles. The smallest absolute Gasteiger partial charge is 0.243 e. The van der Waals surface area contributed by atoms with Gasteiger partial charge in [-0.1, -0.05) is 12.2 Å². The Hall–Kier alpha value is -2.64. The lowest BCUT2D eigenvalue weighted by Gasteiger charge is -2.56. The zero-order chi connectivity index (χ0) is 21.5. The molecule has 1 aromatic rings. The van der Waals surface area contributed by atoms with Crippen molar-refractivity contribution in [3.05, 3.63) is 30.1 Å². The molecule has 31 heavy (non-hydrogen) atoms. The van der Waals surface area contributed by atoms with Crippen molar-refractivity contribution in [2.75, 3.05) is 13.1 Å². The molecule has 3 fully saturated rings. The molecule has 1 aromatic heterocycles. The van der Waals surface area contributed by atoms with Crippen LogP contribution in [0.4, 0.5) is 0 Å². The van der Waals surface area contributed by atoms with Gasteiger partial charge in [0.2, 0.25) is 17.7 Å². The van der Waals surface area contributed by atoms with Gasteiger partial charge in [-0.2, -0.15) is 5.10 Å². The quantitative estimate of drug-likeness (QED) is 0.735. The van der Waals surface area contributed by atoms with E-state index >= 15 is 0 Å². The van der Waals surface area contributed by atoms with Crippen LogP contribution in [0.15, 0.2) is 24.5 Å². The number of nitrogens with one attached hydrogen (secondary N) is 1. The Balaban J connectivity index is 1.36. The van der Waals surface area contributed by atoms with Crippen LogP contribution in [-0.2, 0) is 28.0 Å². The van der Waals surface area contributed by atoms with Gasteiger partial charge in [-0.25, -0.2) is 0 Å². The highest BCUT2D eigenvalue weighted by molar-refractivity contribution is 5.89. The molecule has 3 aliphatic heterocycles. The topological polar surface area (TPSA) is 87.5 Å². The molecule has 4 atom stereocenters. The third kappa shape index (κ3) is 3.77. The van der Waals surface area contributed by atoms with Gasteiger partial charge < -0.3 is 15.1 Å². The van der Waals surface area contributed by atoms with Crippen molar-refractivity contribution in [2.45, 2.75) is 57.2 Å². The number of allylic oxidation sites excluding steroid dienone is 2. The van der Waals surface area contributed by atoms with Crippen LogP contribution in [0.1, 0.15) is 44.1 Å². The molecule has 3 amide bonds. The molecular formula is C23H31N5O3. The summed E-state index contributed by atoms with van der Waals surface area (Å²) in [4.78, 5) is 43.3. The van der Waals surface area contributed by atoms with Gasteiger partial charge in [0.15, 0.2) is 0 Å². The molecule has 166 valence electrons. The van der Waals surface area contributed by atoms with Crippen LogP contribution in [0.5, 0.6) is 0 Å². The Kier molecular flexibility index (Phi) is 5.32. The summed E-state index contributed by atoms with van der Waals surface area (Å²) in [6.45, 7) is 1.67. The highest BCUT2D eigenvalue weighted by Crippen LogP contribution is 2.42. The number of rotatable bonds is 4. The number of carbonyl (C=O) groups is 3. The Labute approximate surface area is 182 Å². The number of aryl methyl sites for hydroxylation is 1. The Morgan fingerprint density at radius 3 is 2.71 bits per heavy atom. The molecule has 4 aliphatic rings. The zero-order valence-corrected chi connectivity index (χ0v) is 18.1. The average Bonchev–Trinajstić information content (AvgIpc) is 3.44. The van der Waals surface area contributed by atoms with E-state index in [0.29, 0.717) is 26.1 Å². The fourth-order valence-corrected chi connectivity index (χ4v) is 6.11. The van der Waals surface area contributed by atoms with Gasteiger partial charge in [0.1, 0.15) is 6.04 Å². The molecule has 1 N–H and O–H groups in total. The standard InChI is InChI=1S/C23H31N5O3/c1-26-12-15(11-25-26)10-24-22(30)21-18-9-17(19-7-4-8-20(29)28(19)21)13-27(14-18)23(31)16-5-2-3-6-16/h2-3,11-12,16-19,21H,4-10,13-14H2,1H3,(H,24,30)/t17-,18+,19+,21-/m1/s1. The molecule has 0 spiro atoms. The lowest BCUT2D eigenvalue weighted by atomic mass is 9.71. The summed E-state index contributed by atoms with van der Waals surface area (Å²) in [5.74, 6) is 0.496. The van der Waals surface area contributed by atoms with Gasteiger partial charge in [-0.3, -0.25) is 19.1 Å². The molecule has 1 aliphatic carbocycles. The highest BCUT2D eigenvalue weighted by atomic mass is 16.2. The fourth-order valence-electron chi connectivity index (χ4n) is 6.11. The number of hydrogen-bond acceptors (Lipinski definition) is 4. The maximum absolute atomic E-state index is 13.4. The first-order valence-electron chi connectivity index (χ1n) is 11.5. The van der Waals surface area contributed by atoms with Gasteiger partial charge in [0.25, 0.3) is 0 Å². The molecular weight excluding hydrogens is 394 g/mol. The summed E-state index contributed by atoms with van der Waals surface area (Å²) >= 11 is 0. The fraction of sp³-hybridized carbons (Fsp3) is 0.652. The number of fused-ring (bicyclic) bond motifs is 4. The molecule has 8 nitrogen and oxygen atoms in total. The van der Waals surface area contributed by atoms with Crippen molar-refractivity contribution in [3.8, 4) is 0 Å². The van der Waals surface area contributed by atoms with Crippen LogP contribution < -0.4 is 5.32 Å². The van der Waals surface area contributed by atoms with Gasteiger partial charge >= 0.3 is 0 Å². The van der Waals surface area contributed by atoms with Crippen molar-refractivity contribution in [3.63, 3.8) is 0 Å². The zero-order valence-electron chi connectivity index (χ0n) is 18.1. The molecule has 4 heterocycles. The van der Waals surface area contributed by atoms with Gasteiger partial charge in [0.05, 0.1) is 6.20 Å². The highest BCUT2D eigenvalue weighted by Gasteiger charge is 2.52.